The fourth-order valence-corrected chi connectivity index (χ4v) is 3.97. The number of aryl methyl sites for hydroxylation is 1. The summed E-state index contributed by atoms with van der Waals surface area (Å²) in [5.41, 5.74) is 8.63. The highest BCUT2D eigenvalue weighted by Gasteiger charge is 2.41. The number of nitrogens with zero attached hydrogens (tertiary/aromatic N) is 2. The van der Waals surface area contributed by atoms with Crippen LogP contribution in [0.2, 0.25) is 0 Å². The van der Waals surface area contributed by atoms with Crippen molar-refractivity contribution in [1.82, 2.24) is 9.80 Å². The number of fused-ring (bicyclic) bond motifs is 1. The summed E-state index contributed by atoms with van der Waals surface area (Å²) in [6.45, 7) is 5.35. The Morgan fingerprint density at radius 1 is 1.30 bits per heavy atom. The summed E-state index contributed by atoms with van der Waals surface area (Å²) in [6, 6.07) is 8.60. The molecule has 3 rings (SSSR count). The molecule has 1 heterocycles. The molecule has 0 radical (unpaired) electrons. The fraction of sp³-hybridized carbons (Fsp3) is 0.611. The van der Waals surface area contributed by atoms with Crippen LogP contribution >= 0.6 is 12.4 Å². The van der Waals surface area contributed by atoms with E-state index in [4.69, 9.17) is 5.73 Å². The van der Waals surface area contributed by atoms with Crippen molar-refractivity contribution in [3.63, 3.8) is 0 Å². The van der Waals surface area contributed by atoms with Crippen LogP contribution in [0.15, 0.2) is 24.3 Å². The fourth-order valence-electron chi connectivity index (χ4n) is 3.97. The molecule has 1 saturated carbocycles. The molecular weight excluding hydrogens is 310 g/mol. The van der Waals surface area contributed by atoms with Crippen LogP contribution in [0.3, 0.4) is 0 Å². The topological polar surface area (TPSA) is 49.6 Å². The van der Waals surface area contributed by atoms with Crippen LogP contribution in [-0.2, 0) is 11.3 Å². The molecule has 1 aromatic carbocycles. The number of likely N-dealkylation sites (N-methyl/N-ethyl adjacent to an activating group) is 1. The first-order valence-corrected chi connectivity index (χ1v) is 8.31. The van der Waals surface area contributed by atoms with E-state index in [9.17, 15) is 4.79 Å². The summed E-state index contributed by atoms with van der Waals surface area (Å²) in [6.07, 6.45) is 2.39. The summed E-state index contributed by atoms with van der Waals surface area (Å²) in [5.74, 6) is 1.52. The van der Waals surface area contributed by atoms with Gasteiger partial charge in [-0.05, 0) is 42.7 Å². The van der Waals surface area contributed by atoms with Gasteiger partial charge in [0, 0.05) is 32.7 Å². The highest BCUT2D eigenvalue weighted by molar-refractivity contribution is 5.85. The Balaban J connectivity index is 0.00000192. The second-order valence-corrected chi connectivity index (χ2v) is 7.04. The molecule has 3 atom stereocenters. The lowest BCUT2D eigenvalue weighted by Crippen LogP contribution is -2.38. The first-order chi connectivity index (χ1) is 10.5. The zero-order valence-electron chi connectivity index (χ0n) is 14.1. The van der Waals surface area contributed by atoms with Gasteiger partial charge in [-0.25, -0.2) is 0 Å². The molecule has 23 heavy (non-hydrogen) atoms. The molecule has 3 unspecified atom stereocenters. The number of likely N-dealkylation sites (tertiary alicyclic amines) is 1. The smallest absolute Gasteiger partial charge is 0.236 e. The van der Waals surface area contributed by atoms with Crippen LogP contribution in [0, 0.1) is 18.8 Å². The van der Waals surface area contributed by atoms with Gasteiger partial charge in [-0.1, -0.05) is 24.3 Å². The lowest BCUT2D eigenvalue weighted by atomic mass is 9.98. The van der Waals surface area contributed by atoms with Gasteiger partial charge in [0.2, 0.25) is 5.91 Å². The lowest BCUT2D eigenvalue weighted by Gasteiger charge is -2.23. The third-order valence-electron chi connectivity index (χ3n) is 5.44. The average Bonchev–Trinajstić information content (AvgIpc) is 3.03. The second kappa shape index (κ2) is 7.65. The minimum atomic E-state index is 0. The number of halogens is 1. The van der Waals surface area contributed by atoms with Gasteiger partial charge in [-0.15, -0.1) is 12.4 Å². The van der Waals surface area contributed by atoms with Gasteiger partial charge in [0.15, 0.2) is 0 Å². The maximum atomic E-state index is 12.5. The van der Waals surface area contributed by atoms with E-state index in [0.717, 1.165) is 19.5 Å². The molecule has 0 aromatic heterocycles. The van der Waals surface area contributed by atoms with Crippen molar-refractivity contribution in [1.29, 1.82) is 0 Å². The maximum Gasteiger partial charge on any atom is 0.236 e. The normalized spacial score (nSPS) is 26.7. The van der Waals surface area contributed by atoms with E-state index in [2.05, 4.69) is 24.0 Å². The number of nitrogens with two attached hydrogens (primary N) is 1. The number of rotatable bonds is 4. The maximum absolute atomic E-state index is 12.5. The van der Waals surface area contributed by atoms with E-state index in [0.29, 0.717) is 31.0 Å². The third kappa shape index (κ3) is 4.06. The Bertz CT molecular complexity index is 551. The molecular formula is C18H28ClN3O. The number of carbonyl (C=O) groups excluding carboxylic acids is 1. The summed E-state index contributed by atoms with van der Waals surface area (Å²) in [5, 5.41) is 0. The Morgan fingerprint density at radius 2 is 2.04 bits per heavy atom. The van der Waals surface area contributed by atoms with E-state index >= 15 is 0 Å². The predicted molar refractivity (Wildman–Crippen MR) is 95.5 cm³/mol. The zero-order valence-corrected chi connectivity index (χ0v) is 14.9. The number of benzene rings is 1. The number of hydrogen-bond donors (Lipinski definition) is 1. The molecule has 1 amide bonds. The Labute approximate surface area is 145 Å². The molecule has 2 aliphatic rings. The number of amides is 1. The van der Waals surface area contributed by atoms with Crippen LogP contribution < -0.4 is 5.73 Å². The van der Waals surface area contributed by atoms with Crippen LogP contribution in [0.4, 0.5) is 0 Å². The van der Waals surface area contributed by atoms with Crippen molar-refractivity contribution in [2.24, 2.45) is 17.6 Å². The van der Waals surface area contributed by atoms with E-state index in [1.54, 1.807) is 0 Å². The molecule has 1 aromatic rings. The Morgan fingerprint density at radius 3 is 2.74 bits per heavy atom. The highest BCUT2D eigenvalue weighted by Crippen LogP contribution is 2.36. The molecule has 5 heteroatoms. The van der Waals surface area contributed by atoms with E-state index in [1.165, 1.54) is 17.5 Å². The van der Waals surface area contributed by atoms with Gasteiger partial charge in [-0.3, -0.25) is 9.69 Å². The van der Waals surface area contributed by atoms with Crippen LogP contribution in [0.1, 0.15) is 24.0 Å². The molecule has 0 spiro atoms. The third-order valence-corrected chi connectivity index (χ3v) is 5.44. The van der Waals surface area contributed by atoms with Crippen LogP contribution in [-0.4, -0.2) is 48.4 Å². The lowest BCUT2D eigenvalue weighted by molar-refractivity contribution is -0.131. The van der Waals surface area contributed by atoms with Crippen molar-refractivity contribution in [3.05, 3.63) is 35.4 Å². The van der Waals surface area contributed by atoms with Crippen molar-refractivity contribution in [3.8, 4) is 0 Å². The molecule has 1 aliphatic heterocycles. The molecule has 2 N–H and O–H groups in total. The van der Waals surface area contributed by atoms with Crippen LogP contribution in [0.25, 0.3) is 0 Å². The molecule has 128 valence electrons. The van der Waals surface area contributed by atoms with Crippen molar-refractivity contribution >= 4 is 18.3 Å². The highest BCUT2D eigenvalue weighted by atomic mass is 35.5. The standard InChI is InChI=1S/C18H27N3O.ClH/c1-13-5-3-4-6-14(13)9-20(2)18(22)12-21-10-15-7-8-17(19)16(15)11-21;/h3-6,15-17H,7-12,19H2,1-2H3;1H. The van der Waals surface area contributed by atoms with Gasteiger partial charge in [0.1, 0.15) is 0 Å². The van der Waals surface area contributed by atoms with E-state index < -0.39 is 0 Å². The minimum Gasteiger partial charge on any atom is -0.340 e. The Kier molecular flexibility index (Phi) is 6.06. The zero-order chi connectivity index (χ0) is 15.7. The van der Waals surface area contributed by atoms with E-state index in [-0.39, 0.29) is 18.3 Å². The van der Waals surface area contributed by atoms with Gasteiger partial charge >= 0.3 is 0 Å². The monoisotopic (exact) mass is 337 g/mol. The van der Waals surface area contributed by atoms with Gasteiger partial charge in [-0.2, -0.15) is 0 Å². The first kappa shape index (κ1) is 18.2. The molecule has 4 nitrogen and oxygen atoms in total. The molecule has 0 bridgehead atoms. The van der Waals surface area contributed by atoms with Crippen molar-refractivity contribution in [2.75, 3.05) is 26.7 Å². The average molecular weight is 338 g/mol. The summed E-state index contributed by atoms with van der Waals surface area (Å²) < 4.78 is 0. The van der Waals surface area contributed by atoms with Gasteiger partial charge in [0.25, 0.3) is 0 Å². The quantitative estimate of drug-likeness (QED) is 0.914. The molecule has 2 fully saturated rings. The summed E-state index contributed by atoms with van der Waals surface area (Å²) >= 11 is 0. The SMILES string of the molecule is Cc1ccccc1CN(C)C(=O)CN1CC2CCC(N)C2C1.Cl. The van der Waals surface area contributed by atoms with Gasteiger partial charge in [0.05, 0.1) is 6.54 Å². The summed E-state index contributed by atoms with van der Waals surface area (Å²) in [7, 11) is 1.90. The van der Waals surface area contributed by atoms with E-state index in [1.807, 2.05) is 24.1 Å². The number of carbonyl (C=O) groups is 1. The largest absolute Gasteiger partial charge is 0.340 e. The second-order valence-electron chi connectivity index (χ2n) is 7.04. The van der Waals surface area contributed by atoms with Crippen molar-refractivity contribution in [2.45, 2.75) is 32.4 Å². The van der Waals surface area contributed by atoms with Crippen LogP contribution in [0.5, 0.6) is 0 Å². The molecule has 1 saturated heterocycles. The number of hydrogen-bond acceptors (Lipinski definition) is 3. The minimum absolute atomic E-state index is 0. The van der Waals surface area contributed by atoms with Crippen molar-refractivity contribution < 1.29 is 4.79 Å². The first-order valence-electron chi connectivity index (χ1n) is 8.31. The predicted octanol–water partition coefficient (Wildman–Crippen LogP) is 2.04. The Hall–Kier alpha value is -1.10. The molecule has 1 aliphatic carbocycles. The van der Waals surface area contributed by atoms with Gasteiger partial charge < -0.3 is 10.6 Å². The summed E-state index contributed by atoms with van der Waals surface area (Å²) in [4.78, 5) is 16.6.